The van der Waals surface area contributed by atoms with E-state index < -0.39 is 0 Å². The number of hydrogen-bond acceptors (Lipinski definition) is 2. The number of nitriles is 1. The van der Waals surface area contributed by atoms with Gasteiger partial charge in [-0.3, -0.25) is 0 Å². The van der Waals surface area contributed by atoms with Crippen LogP contribution in [0.4, 0.5) is 0 Å². The molecule has 0 heterocycles. The molecule has 56 valence electrons. The van der Waals surface area contributed by atoms with Crippen molar-refractivity contribution < 1.29 is 34.7 Å². The molecule has 1 aromatic rings. The summed E-state index contributed by atoms with van der Waals surface area (Å²) in [6.45, 7) is 3.44. The van der Waals surface area contributed by atoms with E-state index in [1.54, 1.807) is 26.0 Å². The van der Waals surface area contributed by atoms with Crippen LogP contribution in [0.15, 0.2) is 12.1 Å². The van der Waals surface area contributed by atoms with Gasteiger partial charge >= 0.3 is 29.6 Å². The summed E-state index contributed by atoms with van der Waals surface area (Å²) >= 11 is 0. The smallest absolute Gasteiger partial charge is 0.872 e. The number of benzene rings is 1. The van der Waals surface area contributed by atoms with Crippen LogP contribution in [0.25, 0.3) is 0 Å². The second-order valence-electron chi connectivity index (χ2n) is 2.55. The molecule has 0 unspecified atom stereocenters. The van der Waals surface area contributed by atoms with Crippen LogP contribution in [-0.2, 0) is 0 Å². The fraction of sp³-hybridized carbons (Fsp3) is 0.222. The predicted molar refractivity (Wildman–Crippen MR) is 40.1 cm³/mol. The van der Waals surface area contributed by atoms with E-state index in [0.717, 1.165) is 0 Å². The third-order valence-electron chi connectivity index (χ3n) is 1.59. The fourth-order valence-electron chi connectivity index (χ4n) is 1.01. The molecule has 0 aromatic heterocycles. The number of aryl methyl sites for hydroxylation is 2. The van der Waals surface area contributed by atoms with E-state index in [1.807, 2.05) is 6.07 Å². The summed E-state index contributed by atoms with van der Waals surface area (Å²) < 4.78 is 0. The van der Waals surface area contributed by atoms with Gasteiger partial charge in [-0.15, -0.1) is 5.75 Å². The Morgan fingerprint density at radius 3 is 2.00 bits per heavy atom. The Morgan fingerprint density at radius 2 is 1.67 bits per heavy atom. The quantitative estimate of drug-likeness (QED) is 0.432. The van der Waals surface area contributed by atoms with Crippen molar-refractivity contribution in [3.8, 4) is 11.8 Å². The topological polar surface area (TPSA) is 46.8 Å². The number of hydrogen-bond donors (Lipinski definition) is 0. The second-order valence-corrected chi connectivity index (χ2v) is 2.55. The molecular weight excluding hydrogens is 161 g/mol. The molecule has 0 aliphatic carbocycles. The Balaban J connectivity index is 0.00000121. The third kappa shape index (κ3) is 2.25. The van der Waals surface area contributed by atoms with Gasteiger partial charge in [-0.2, -0.15) is 5.26 Å². The average molecular weight is 169 g/mol. The normalized spacial score (nSPS) is 8.42. The van der Waals surface area contributed by atoms with E-state index >= 15 is 0 Å². The van der Waals surface area contributed by atoms with Gasteiger partial charge in [0, 0.05) is 0 Å². The monoisotopic (exact) mass is 169 g/mol. The molecule has 0 spiro atoms. The Bertz CT molecular complexity index is 305. The molecule has 0 saturated carbocycles. The van der Waals surface area contributed by atoms with Crippen LogP contribution in [0.2, 0.25) is 0 Å². The van der Waals surface area contributed by atoms with Crippen LogP contribution in [0.3, 0.4) is 0 Å². The molecule has 0 radical (unpaired) electrons. The molecule has 0 N–H and O–H groups in total. The molecule has 0 aliphatic rings. The maximum Gasteiger partial charge on any atom is 1.00 e. The van der Waals surface area contributed by atoms with Crippen molar-refractivity contribution in [1.29, 1.82) is 5.26 Å². The van der Waals surface area contributed by atoms with Gasteiger partial charge in [-0.25, -0.2) is 0 Å². The summed E-state index contributed by atoms with van der Waals surface area (Å²) in [7, 11) is 0. The van der Waals surface area contributed by atoms with Crippen molar-refractivity contribution in [3.63, 3.8) is 0 Å². The van der Waals surface area contributed by atoms with E-state index in [-0.39, 0.29) is 35.3 Å². The number of nitrogens with zero attached hydrogens (tertiary/aromatic N) is 1. The standard InChI is InChI=1S/C9H9NO.Na/c1-6-3-8(5-10)4-7(2)9(6)11;/h3-4,11H,1-2H3;/q;+1/p-1. The van der Waals surface area contributed by atoms with Crippen LogP contribution in [0.5, 0.6) is 5.75 Å². The molecule has 12 heavy (non-hydrogen) atoms. The average Bonchev–Trinajstić information content (AvgIpc) is 1.99. The van der Waals surface area contributed by atoms with E-state index in [4.69, 9.17) is 5.26 Å². The van der Waals surface area contributed by atoms with Gasteiger partial charge in [-0.05, 0) is 26.0 Å². The van der Waals surface area contributed by atoms with Gasteiger partial charge in [0.2, 0.25) is 0 Å². The number of rotatable bonds is 0. The van der Waals surface area contributed by atoms with Crippen LogP contribution in [-0.4, -0.2) is 0 Å². The summed E-state index contributed by atoms with van der Waals surface area (Å²) in [5.41, 5.74) is 1.84. The van der Waals surface area contributed by atoms with Gasteiger partial charge in [0.25, 0.3) is 0 Å². The summed E-state index contributed by atoms with van der Waals surface area (Å²) in [6, 6.07) is 5.21. The van der Waals surface area contributed by atoms with Crippen LogP contribution < -0.4 is 34.7 Å². The summed E-state index contributed by atoms with van der Waals surface area (Å²) in [5.74, 6) is 0.0315. The van der Waals surface area contributed by atoms with Gasteiger partial charge in [0.1, 0.15) is 0 Å². The Kier molecular flexibility index (Phi) is 4.33. The summed E-state index contributed by atoms with van der Waals surface area (Å²) in [5, 5.41) is 19.7. The van der Waals surface area contributed by atoms with Gasteiger partial charge in [0.05, 0.1) is 11.6 Å². The van der Waals surface area contributed by atoms with Gasteiger partial charge < -0.3 is 5.11 Å². The van der Waals surface area contributed by atoms with Crippen molar-refractivity contribution in [1.82, 2.24) is 0 Å². The zero-order valence-corrected chi connectivity index (χ0v) is 9.51. The van der Waals surface area contributed by atoms with E-state index in [1.165, 1.54) is 0 Å². The first kappa shape index (κ1) is 11.5. The zero-order valence-electron chi connectivity index (χ0n) is 7.51. The minimum absolute atomic E-state index is 0. The Labute approximate surface area is 94.1 Å². The Morgan fingerprint density at radius 1 is 1.25 bits per heavy atom. The molecule has 0 atom stereocenters. The van der Waals surface area contributed by atoms with E-state index in [2.05, 4.69) is 0 Å². The molecule has 3 heteroatoms. The van der Waals surface area contributed by atoms with Crippen LogP contribution >= 0.6 is 0 Å². The second kappa shape index (κ2) is 4.51. The maximum absolute atomic E-state index is 11.1. The molecule has 0 saturated heterocycles. The maximum atomic E-state index is 11.1. The third-order valence-corrected chi connectivity index (χ3v) is 1.59. The molecule has 0 aliphatic heterocycles. The zero-order chi connectivity index (χ0) is 8.43. The van der Waals surface area contributed by atoms with Crippen LogP contribution in [0.1, 0.15) is 16.7 Å². The molecule has 1 rings (SSSR count). The van der Waals surface area contributed by atoms with E-state index in [0.29, 0.717) is 16.7 Å². The minimum atomic E-state index is 0. The minimum Gasteiger partial charge on any atom is -0.872 e. The largest absolute Gasteiger partial charge is 1.00 e. The molecule has 0 amide bonds. The molecule has 0 bridgehead atoms. The van der Waals surface area contributed by atoms with Crippen molar-refractivity contribution in [3.05, 3.63) is 28.8 Å². The fourth-order valence-corrected chi connectivity index (χ4v) is 1.01. The van der Waals surface area contributed by atoms with Gasteiger partial charge in [0.15, 0.2) is 0 Å². The van der Waals surface area contributed by atoms with Crippen molar-refractivity contribution in [2.45, 2.75) is 13.8 Å². The predicted octanol–water partition coefficient (Wildman–Crippen LogP) is -1.75. The SMILES string of the molecule is Cc1cc(C#N)cc(C)c1[O-].[Na+]. The molecule has 0 fully saturated rings. The first-order chi connectivity index (χ1) is 5.15. The summed E-state index contributed by atoms with van der Waals surface area (Å²) in [4.78, 5) is 0. The Hall–Kier alpha value is -0.490. The first-order valence-electron chi connectivity index (χ1n) is 3.33. The first-order valence-corrected chi connectivity index (χ1v) is 3.33. The molecule has 2 nitrogen and oxygen atoms in total. The van der Waals surface area contributed by atoms with Crippen molar-refractivity contribution in [2.75, 3.05) is 0 Å². The van der Waals surface area contributed by atoms with Gasteiger partial charge in [-0.1, -0.05) is 11.1 Å². The van der Waals surface area contributed by atoms with Crippen LogP contribution in [0, 0.1) is 25.2 Å². The van der Waals surface area contributed by atoms with Crippen molar-refractivity contribution in [2.24, 2.45) is 0 Å². The summed E-state index contributed by atoms with van der Waals surface area (Å²) in [6.07, 6.45) is 0. The van der Waals surface area contributed by atoms with E-state index in [9.17, 15) is 5.11 Å². The van der Waals surface area contributed by atoms with Crippen molar-refractivity contribution >= 4 is 0 Å². The molecular formula is C9H8NNaO. The molecule has 1 aromatic carbocycles.